The van der Waals surface area contributed by atoms with E-state index in [2.05, 4.69) is 4.98 Å². The number of pyridine rings is 1. The van der Waals surface area contributed by atoms with E-state index in [4.69, 9.17) is 16.3 Å². The number of rotatable bonds is 7. The van der Waals surface area contributed by atoms with Crippen molar-refractivity contribution in [3.8, 4) is 11.1 Å². The molecular weight excluding hydrogens is 576 g/mol. The second-order valence-electron chi connectivity index (χ2n) is 9.23. The number of imidazole rings is 1. The summed E-state index contributed by atoms with van der Waals surface area (Å²) in [4.78, 5) is 17.8. The van der Waals surface area contributed by atoms with Gasteiger partial charge in [-0.25, -0.2) is 18.2 Å². The van der Waals surface area contributed by atoms with Crippen molar-refractivity contribution in [3.63, 3.8) is 0 Å². The monoisotopic (exact) mass is 595 g/mol. The normalized spacial score (nSPS) is 12.1. The van der Waals surface area contributed by atoms with Crippen molar-refractivity contribution < 1.29 is 41.0 Å². The van der Waals surface area contributed by atoms with E-state index in [9.17, 15) is 36.2 Å². The first kappa shape index (κ1) is 28.7. The molecular formula is C28H20ClF6N3O3. The Morgan fingerprint density at radius 1 is 1.12 bits per heavy atom. The highest BCUT2D eigenvalue weighted by Gasteiger charge is 2.37. The lowest BCUT2D eigenvalue weighted by molar-refractivity contribution is -0.137. The van der Waals surface area contributed by atoms with Gasteiger partial charge in [-0.05, 0) is 30.3 Å². The molecule has 0 saturated heterocycles. The maximum Gasteiger partial charge on any atom is 0.417 e. The summed E-state index contributed by atoms with van der Waals surface area (Å²) in [7, 11) is 2.98. The Labute approximate surface area is 233 Å². The molecule has 2 aromatic carbocycles. The number of aliphatic hydroxyl groups excluding tert-OH is 1. The molecule has 0 aliphatic rings. The van der Waals surface area contributed by atoms with E-state index < -0.39 is 47.1 Å². The summed E-state index contributed by atoms with van der Waals surface area (Å²) in [6.07, 6.45) is -3.50. The molecule has 0 radical (unpaired) electrons. The van der Waals surface area contributed by atoms with Crippen molar-refractivity contribution >= 4 is 33.9 Å². The van der Waals surface area contributed by atoms with E-state index in [1.807, 2.05) is 0 Å². The molecule has 0 unspecified atom stereocenters. The number of ether oxygens (including phenoxy) is 1. The minimum Gasteiger partial charge on any atom is -0.392 e. The van der Waals surface area contributed by atoms with Gasteiger partial charge in [0.25, 0.3) is 0 Å². The summed E-state index contributed by atoms with van der Waals surface area (Å²) in [6.45, 7) is -0.663. The number of ketones is 1. The van der Waals surface area contributed by atoms with Crippen LogP contribution in [0, 0.1) is 17.5 Å². The average molecular weight is 596 g/mol. The second-order valence-corrected chi connectivity index (χ2v) is 9.50. The predicted molar refractivity (Wildman–Crippen MR) is 138 cm³/mol. The van der Waals surface area contributed by atoms with E-state index >= 15 is 0 Å². The maximum absolute atomic E-state index is 14.6. The van der Waals surface area contributed by atoms with E-state index in [1.165, 1.54) is 40.5 Å². The molecule has 5 aromatic rings. The van der Waals surface area contributed by atoms with Crippen molar-refractivity contribution in [1.82, 2.24) is 14.0 Å². The summed E-state index contributed by atoms with van der Waals surface area (Å²) in [5, 5.41) is 10.2. The Bertz CT molecular complexity index is 1820. The van der Waals surface area contributed by atoms with Gasteiger partial charge in [0.05, 0.1) is 40.3 Å². The lowest BCUT2D eigenvalue weighted by atomic mass is 9.92. The Kier molecular flexibility index (Phi) is 7.35. The summed E-state index contributed by atoms with van der Waals surface area (Å²) in [5.74, 6) is -5.89. The van der Waals surface area contributed by atoms with Gasteiger partial charge in [-0.1, -0.05) is 6.07 Å². The largest absolute Gasteiger partial charge is 0.417 e. The molecule has 0 amide bonds. The summed E-state index contributed by atoms with van der Waals surface area (Å²) >= 11 is 6.26. The standard InChI is InChI=1S/C28H20ClF6N3O3/c1-37-20-9-17(28(33,34)35)23(16(10-29)25(20)36-22(37)12-41-2)15-4-3-5-38-21(8-14(11-39)26(15)38)27(40)13-6-18(30)24(32)19(31)7-13/h3-9,39H,10-12H2,1-2H3. The molecule has 0 saturated carbocycles. The highest BCUT2D eigenvalue weighted by Crippen LogP contribution is 2.45. The van der Waals surface area contributed by atoms with Gasteiger partial charge < -0.3 is 18.8 Å². The first-order chi connectivity index (χ1) is 19.4. The van der Waals surface area contributed by atoms with E-state index in [0.29, 0.717) is 18.0 Å². The lowest BCUT2D eigenvalue weighted by Gasteiger charge is -2.19. The van der Waals surface area contributed by atoms with Crippen molar-refractivity contribution in [2.24, 2.45) is 7.05 Å². The van der Waals surface area contributed by atoms with Crippen LogP contribution in [0.4, 0.5) is 26.3 Å². The van der Waals surface area contributed by atoms with Crippen molar-refractivity contribution in [2.45, 2.75) is 25.3 Å². The van der Waals surface area contributed by atoms with E-state index in [-0.39, 0.29) is 57.0 Å². The molecule has 3 heterocycles. The number of methoxy groups -OCH3 is 1. The zero-order chi connectivity index (χ0) is 29.8. The van der Waals surface area contributed by atoms with Crippen LogP contribution in [0.5, 0.6) is 0 Å². The Morgan fingerprint density at radius 3 is 2.39 bits per heavy atom. The molecule has 0 fully saturated rings. The van der Waals surface area contributed by atoms with Gasteiger partial charge in [0.2, 0.25) is 5.78 Å². The predicted octanol–water partition coefficient (Wildman–Crippen LogP) is 6.54. The SMILES string of the molecule is COCc1nc2c(CCl)c(-c3cccn4c(C(=O)c5cc(F)c(F)c(F)c5)cc(CO)c34)c(C(F)(F)F)cc2n1C. The number of fused-ring (bicyclic) bond motifs is 2. The maximum atomic E-state index is 14.6. The van der Waals surface area contributed by atoms with Gasteiger partial charge >= 0.3 is 6.18 Å². The minimum absolute atomic E-state index is 0.0177. The van der Waals surface area contributed by atoms with Crippen LogP contribution in [0.15, 0.2) is 42.6 Å². The quantitative estimate of drug-likeness (QED) is 0.100. The number of benzene rings is 2. The number of nitrogens with zero attached hydrogens (tertiary/aromatic N) is 3. The number of aliphatic hydroxyl groups is 1. The number of aromatic nitrogens is 3. The Morgan fingerprint density at radius 2 is 1.80 bits per heavy atom. The molecule has 5 rings (SSSR count). The lowest BCUT2D eigenvalue weighted by Crippen LogP contribution is -2.11. The number of carbonyl (C=O) groups excluding carboxylic acids is 1. The van der Waals surface area contributed by atoms with Gasteiger partial charge in [-0.2, -0.15) is 13.2 Å². The number of hydrogen-bond acceptors (Lipinski definition) is 4. The van der Waals surface area contributed by atoms with Crippen LogP contribution in [-0.4, -0.2) is 32.0 Å². The third-order valence-corrected chi connectivity index (χ3v) is 7.14. The Balaban J connectivity index is 1.84. The van der Waals surface area contributed by atoms with Crippen molar-refractivity contribution in [2.75, 3.05) is 7.11 Å². The smallest absolute Gasteiger partial charge is 0.392 e. The molecule has 13 heteroatoms. The van der Waals surface area contributed by atoms with Gasteiger partial charge in [0.15, 0.2) is 17.5 Å². The number of carbonyl (C=O) groups is 1. The van der Waals surface area contributed by atoms with Crippen LogP contribution in [0.25, 0.3) is 27.7 Å². The third kappa shape index (κ3) is 4.65. The first-order valence-corrected chi connectivity index (χ1v) is 12.5. The molecule has 41 heavy (non-hydrogen) atoms. The summed E-state index contributed by atoms with van der Waals surface area (Å²) in [5.41, 5.74) is -1.58. The molecule has 0 spiro atoms. The fourth-order valence-electron chi connectivity index (χ4n) is 5.03. The third-order valence-electron chi connectivity index (χ3n) is 6.87. The van der Waals surface area contributed by atoms with Gasteiger partial charge in [0.1, 0.15) is 12.4 Å². The fraction of sp³-hybridized carbons (Fsp3) is 0.214. The topological polar surface area (TPSA) is 68.8 Å². The van der Waals surface area contributed by atoms with Crippen LogP contribution in [-0.2, 0) is 37.1 Å². The fourth-order valence-corrected chi connectivity index (χ4v) is 5.29. The molecule has 0 aliphatic carbocycles. The zero-order valence-electron chi connectivity index (χ0n) is 21.4. The van der Waals surface area contributed by atoms with Crippen LogP contribution in [0.3, 0.4) is 0 Å². The van der Waals surface area contributed by atoms with Crippen LogP contribution in [0.1, 0.15) is 38.6 Å². The second kappa shape index (κ2) is 10.5. The van der Waals surface area contributed by atoms with Crippen LogP contribution in [0.2, 0.25) is 0 Å². The number of halogens is 7. The average Bonchev–Trinajstić information content (AvgIpc) is 3.47. The zero-order valence-corrected chi connectivity index (χ0v) is 22.2. The number of alkyl halides is 4. The number of hydrogen-bond donors (Lipinski definition) is 1. The van der Waals surface area contributed by atoms with Crippen molar-refractivity contribution in [3.05, 3.63) is 93.8 Å². The van der Waals surface area contributed by atoms with Crippen molar-refractivity contribution in [1.29, 1.82) is 0 Å². The summed E-state index contributed by atoms with van der Waals surface area (Å²) in [6, 6.07) is 5.94. The molecule has 0 bridgehead atoms. The Hall–Kier alpha value is -3.87. The highest BCUT2D eigenvalue weighted by atomic mass is 35.5. The first-order valence-electron chi connectivity index (χ1n) is 12.0. The molecule has 6 nitrogen and oxygen atoms in total. The number of aryl methyl sites for hydroxylation is 1. The van der Waals surface area contributed by atoms with Gasteiger partial charge in [-0.3, -0.25) is 4.79 Å². The molecule has 0 aliphatic heterocycles. The minimum atomic E-state index is -4.85. The van der Waals surface area contributed by atoms with E-state index in [1.54, 1.807) is 7.05 Å². The molecule has 0 atom stereocenters. The van der Waals surface area contributed by atoms with Gasteiger partial charge in [0, 0.05) is 48.2 Å². The van der Waals surface area contributed by atoms with E-state index in [0.717, 1.165) is 6.07 Å². The van der Waals surface area contributed by atoms with Gasteiger partial charge in [-0.15, -0.1) is 11.6 Å². The van der Waals surface area contributed by atoms with Crippen LogP contribution < -0.4 is 0 Å². The highest BCUT2D eigenvalue weighted by molar-refractivity contribution is 6.19. The van der Waals surface area contributed by atoms with Crippen LogP contribution >= 0.6 is 11.6 Å². The molecule has 214 valence electrons. The molecule has 1 N–H and O–H groups in total. The molecule has 3 aromatic heterocycles. The summed E-state index contributed by atoms with van der Waals surface area (Å²) < 4.78 is 92.9.